The molecule has 2 aromatic heterocycles. The summed E-state index contributed by atoms with van der Waals surface area (Å²) in [5.74, 6) is 0.792. The van der Waals surface area contributed by atoms with E-state index in [0.29, 0.717) is 29.7 Å². The first kappa shape index (κ1) is 22.5. The van der Waals surface area contributed by atoms with Crippen LogP contribution in [0.2, 0.25) is 0 Å². The van der Waals surface area contributed by atoms with Gasteiger partial charge in [-0.25, -0.2) is 23.1 Å². The van der Waals surface area contributed by atoms with Gasteiger partial charge in [0.2, 0.25) is 21.9 Å². The summed E-state index contributed by atoms with van der Waals surface area (Å²) < 4.78 is 45.6. The Balaban J connectivity index is 1.23. The van der Waals surface area contributed by atoms with Gasteiger partial charge in [0.05, 0.1) is 36.5 Å². The Bertz CT molecular complexity index is 1270. The first-order chi connectivity index (χ1) is 16.4. The smallest absolute Gasteiger partial charge is 0.240 e. The minimum atomic E-state index is -3.81. The molecule has 2 saturated heterocycles. The zero-order valence-corrected chi connectivity index (χ0v) is 19.0. The Labute approximate surface area is 195 Å². The van der Waals surface area contributed by atoms with Crippen molar-refractivity contribution in [2.45, 2.75) is 36.1 Å². The third-order valence-electron chi connectivity index (χ3n) is 5.59. The van der Waals surface area contributed by atoms with Crippen LogP contribution >= 0.6 is 0 Å². The SMILES string of the molecule is CC(=O)Nc1ccc(S(=O)(=O)NC2COC3C(Nc4nccc(-c5ccco5)n4)COC23)cc1. The van der Waals surface area contributed by atoms with E-state index in [4.69, 9.17) is 13.9 Å². The highest BCUT2D eigenvalue weighted by Crippen LogP contribution is 2.30. The molecule has 4 unspecified atom stereocenters. The molecular formula is C22H23N5O6S. The topological polar surface area (TPSA) is 145 Å². The number of ether oxygens (including phenoxy) is 2. The van der Waals surface area contributed by atoms with E-state index >= 15 is 0 Å². The maximum Gasteiger partial charge on any atom is 0.240 e. The van der Waals surface area contributed by atoms with Gasteiger partial charge < -0.3 is 24.5 Å². The number of rotatable bonds is 7. The molecule has 3 N–H and O–H groups in total. The van der Waals surface area contributed by atoms with E-state index in [9.17, 15) is 13.2 Å². The number of nitrogens with one attached hydrogen (secondary N) is 3. The zero-order chi connectivity index (χ0) is 23.7. The molecular weight excluding hydrogens is 462 g/mol. The summed E-state index contributed by atoms with van der Waals surface area (Å²) in [5.41, 5.74) is 1.16. The fourth-order valence-corrected chi connectivity index (χ4v) is 5.30. The minimum Gasteiger partial charge on any atom is -0.463 e. The van der Waals surface area contributed by atoms with Crippen LogP contribution in [0.25, 0.3) is 11.5 Å². The number of carbonyl (C=O) groups is 1. The molecule has 34 heavy (non-hydrogen) atoms. The largest absolute Gasteiger partial charge is 0.463 e. The van der Waals surface area contributed by atoms with Crippen LogP contribution in [0.1, 0.15) is 6.92 Å². The molecule has 178 valence electrons. The molecule has 0 saturated carbocycles. The number of sulfonamides is 1. The summed E-state index contributed by atoms with van der Waals surface area (Å²) in [5, 5.41) is 5.83. The van der Waals surface area contributed by atoms with Gasteiger partial charge in [-0.15, -0.1) is 0 Å². The van der Waals surface area contributed by atoms with Crippen molar-refractivity contribution in [3.63, 3.8) is 0 Å². The summed E-state index contributed by atoms with van der Waals surface area (Å²) in [6, 6.07) is 10.5. The highest BCUT2D eigenvalue weighted by molar-refractivity contribution is 7.89. The molecule has 2 aliphatic rings. The third-order valence-corrected chi connectivity index (χ3v) is 7.09. The highest BCUT2D eigenvalue weighted by Gasteiger charge is 2.49. The van der Waals surface area contributed by atoms with Crippen molar-refractivity contribution in [3.8, 4) is 11.5 Å². The van der Waals surface area contributed by atoms with Gasteiger partial charge in [0.15, 0.2) is 5.76 Å². The fourth-order valence-electron chi connectivity index (χ4n) is 4.07. The Kier molecular flexibility index (Phi) is 6.04. The second-order valence-corrected chi connectivity index (χ2v) is 9.74. The van der Waals surface area contributed by atoms with E-state index in [2.05, 4.69) is 25.3 Å². The lowest BCUT2D eigenvalue weighted by molar-refractivity contribution is -0.114. The van der Waals surface area contributed by atoms with Crippen molar-refractivity contribution in [1.29, 1.82) is 0 Å². The van der Waals surface area contributed by atoms with E-state index < -0.39 is 22.2 Å². The Morgan fingerprint density at radius 1 is 1.03 bits per heavy atom. The predicted octanol–water partition coefficient (Wildman–Crippen LogP) is 1.62. The number of hydrogen-bond donors (Lipinski definition) is 3. The maximum absolute atomic E-state index is 12.9. The number of amides is 1. The van der Waals surface area contributed by atoms with Gasteiger partial charge in [0.1, 0.15) is 17.9 Å². The lowest BCUT2D eigenvalue weighted by Crippen LogP contribution is -2.44. The van der Waals surface area contributed by atoms with Crippen molar-refractivity contribution < 1.29 is 27.1 Å². The van der Waals surface area contributed by atoms with E-state index in [0.717, 1.165) is 0 Å². The van der Waals surface area contributed by atoms with Crippen molar-refractivity contribution in [2.24, 2.45) is 0 Å². The molecule has 1 aromatic carbocycles. The van der Waals surface area contributed by atoms with Crippen LogP contribution in [0.15, 0.2) is 64.2 Å². The quantitative estimate of drug-likeness (QED) is 0.454. The van der Waals surface area contributed by atoms with E-state index in [1.54, 1.807) is 24.6 Å². The minimum absolute atomic E-state index is 0.0841. The average Bonchev–Trinajstić information content (AvgIpc) is 3.55. The van der Waals surface area contributed by atoms with Gasteiger partial charge in [0.25, 0.3) is 0 Å². The number of aromatic nitrogens is 2. The monoisotopic (exact) mass is 485 g/mol. The molecule has 12 heteroatoms. The van der Waals surface area contributed by atoms with Crippen molar-refractivity contribution in [1.82, 2.24) is 14.7 Å². The van der Waals surface area contributed by atoms with Crippen molar-refractivity contribution in [2.75, 3.05) is 23.8 Å². The number of anilines is 2. The molecule has 3 aromatic rings. The lowest BCUT2D eigenvalue weighted by atomic mass is 10.1. The molecule has 11 nitrogen and oxygen atoms in total. The van der Waals surface area contributed by atoms with Gasteiger partial charge in [-0.3, -0.25) is 4.79 Å². The van der Waals surface area contributed by atoms with Crippen molar-refractivity contribution >= 4 is 27.6 Å². The van der Waals surface area contributed by atoms with Gasteiger partial charge in [-0.1, -0.05) is 0 Å². The van der Waals surface area contributed by atoms with Crippen LogP contribution in [0.5, 0.6) is 0 Å². The summed E-state index contributed by atoms with van der Waals surface area (Å²) in [7, 11) is -3.81. The van der Waals surface area contributed by atoms with Crippen LogP contribution in [0.3, 0.4) is 0 Å². The zero-order valence-electron chi connectivity index (χ0n) is 18.2. The van der Waals surface area contributed by atoms with Gasteiger partial charge in [0, 0.05) is 18.8 Å². The van der Waals surface area contributed by atoms with Crippen LogP contribution < -0.4 is 15.4 Å². The molecule has 4 atom stereocenters. The van der Waals surface area contributed by atoms with Crippen LogP contribution in [-0.2, 0) is 24.3 Å². The molecule has 2 fully saturated rings. The van der Waals surface area contributed by atoms with E-state index in [-0.39, 0.29) is 29.6 Å². The molecule has 2 aliphatic heterocycles. The highest BCUT2D eigenvalue weighted by atomic mass is 32.2. The molecule has 5 rings (SSSR count). The maximum atomic E-state index is 12.9. The first-order valence-corrected chi connectivity index (χ1v) is 12.1. The molecule has 4 heterocycles. The van der Waals surface area contributed by atoms with E-state index in [1.165, 1.54) is 31.2 Å². The molecule has 0 radical (unpaired) electrons. The molecule has 0 bridgehead atoms. The Hall–Kier alpha value is -3.32. The Morgan fingerprint density at radius 3 is 2.47 bits per heavy atom. The standard InChI is InChI=1S/C22H23N5O6S/c1-13(28)24-14-4-6-15(7-5-14)34(29,30)27-18-12-33-20-17(11-32-21(18)20)26-22-23-9-8-16(25-22)19-3-2-10-31-19/h2-10,17-18,20-21,27H,11-12H2,1H3,(H,24,28)(H,23,25,26). The molecule has 0 spiro atoms. The van der Waals surface area contributed by atoms with E-state index in [1.807, 2.05) is 6.07 Å². The number of hydrogen-bond acceptors (Lipinski definition) is 9. The average molecular weight is 486 g/mol. The first-order valence-electron chi connectivity index (χ1n) is 10.7. The van der Waals surface area contributed by atoms with Crippen LogP contribution in [0.4, 0.5) is 11.6 Å². The van der Waals surface area contributed by atoms with Crippen LogP contribution in [0, 0.1) is 0 Å². The van der Waals surface area contributed by atoms with Gasteiger partial charge >= 0.3 is 0 Å². The number of fused-ring (bicyclic) bond motifs is 1. The second kappa shape index (κ2) is 9.14. The van der Waals surface area contributed by atoms with Crippen LogP contribution in [-0.4, -0.2) is 61.8 Å². The number of carbonyl (C=O) groups excluding carboxylic acids is 1. The number of benzene rings is 1. The number of furan rings is 1. The van der Waals surface area contributed by atoms with Gasteiger partial charge in [-0.2, -0.15) is 0 Å². The molecule has 0 aliphatic carbocycles. The summed E-state index contributed by atoms with van der Waals surface area (Å²) >= 11 is 0. The number of nitrogens with zero attached hydrogens (tertiary/aromatic N) is 2. The fraction of sp³-hybridized carbons (Fsp3) is 0.318. The summed E-state index contributed by atoms with van der Waals surface area (Å²) in [4.78, 5) is 20.0. The third kappa shape index (κ3) is 4.66. The van der Waals surface area contributed by atoms with Crippen molar-refractivity contribution in [3.05, 3.63) is 54.9 Å². The second-order valence-electron chi connectivity index (χ2n) is 8.02. The summed E-state index contributed by atoms with van der Waals surface area (Å²) in [6.07, 6.45) is 2.37. The van der Waals surface area contributed by atoms with Gasteiger partial charge in [-0.05, 0) is 42.5 Å². The lowest BCUT2D eigenvalue weighted by Gasteiger charge is -2.18. The predicted molar refractivity (Wildman–Crippen MR) is 121 cm³/mol. The summed E-state index contributed by atoms with van der Waals surface area (Å²) in [6.45, 7) is 1.87. The Morgan fingerprint density at radius 2 is 1.76 bits per heavy atom. The molecule has 1 amide bonds. The normalized spacial score (nSPS) is 24.0.